The molecule has 1 aromatic carbocycles. The minimum atomic E-state index is -0.844. The van der Waals surface area contributed by atoms with E-state index in [4.69, 9.17) is 9.84 Å². The van der Waals surface area contributed by atoms with Gasteiger partial charge < -0.3 is 9.84 Å². The number of nitrogens with zero attached hydrogens (tertiary/aromatic N) is 2. The molecule has 0 atom stereocenters. The summed E-state index contributed by atoms with van der Waals surface area (Å²) in [4.78, 5) is 15.9. The fraction of sp³-hybridized carbons (Fsp3) is 0.562. The van der Waals surface area contributed by atoms with E-state index in [1.54, 1.807) is 6.07 Å². The van der Waals surface area contributed by atoms with Gasteiger partial charge in [-0.15, -0.1) is 0 Å². The Bertz CT molecular complexity index is 512. The van der Waals surface area contributed by atoms with Gasteiger partial charge in [0.1, 0.15) is 0 Å². The molecule has 0 amide bonds. The van der Waals surface area contributed by atoms with E-state index in [0.29, 0.717) is 5.56 Å². The number of ether oxygens (including phenoxy) is 1. The van der Waals surface area contributed by atoms with E-state index in [-0.39, 0.29) is 0 Å². The van der Waals surface area contributed by atoms with Crippen molar-refractivity contribution in [3.8, 4) is 0 Å². The molecule has 3 rings (SSSR count). The number of aromatic carboxylic acids is 1. The maximum atomic E-state index is 11.0. The van der Waals surface area contributed by atoms with Crippen LogP contribution in [0, 0.1) is 0 Å². The lowest BCUT2D eigenvalue weighted by Gasteiger charge is -2.27. The summed E-state index contributed by atoms with van der Waals surface area (Å²) in [6.07, 6.45) is 1.15. The zero-order valence-electron chi connectivity index (χ0n) is 12.3. The quantitative estimate of drug-likeness (QED) is 0.889. The molecule has 5 heteroatoms. The van der Waals surface area contributed by atoms with Gasteiger partial charge in [-0.3, -0.25) is 9.80 Å². The smallest absolute Gasteiger partial charge is 0.335 e. The number of hydrogen-bond acceptors (Lipinski definition) is 4. The molecular formula is C16H22N2O3. The summed E-state index contributed by atoms with van der Waals surface area (Å²) in [5.74, 6) is -0.844. The van der Waals surface area contributed by atoms with Crippen molar-refractivity contribution in [1.29, 1.82) is 0 Å². The van der Waals surface area contributed by atoms with Gasteiger partial charge in [-0.1, -0.05) is 6.07 Å². The largest absolute Gasteiger partial charge is 0.478 e. The zero-order valence-corrected chi connectivity index (χ0v) is 12.3. The van der Waals surface area contributed by atoms with Crippen molar-refractivity contribution >= 4 is 5.97 Å². The Kier molecular flexibility index (Phi) is 4.53. The van der Waals surface area contributed by atoms with E-state index in [9.17, 15) is 4.79 Å². The number of carboxylic acid groups (broad SMARTS) is 1. The predicted molar refractivity (Wildman–Crippen MR) is 79.4 cm³/mol. The highest BCUT2D eigenvalue weighted by Gasteiger charge is 2.20. The van der Waals surface area contributed by atoms with E-state index in [1.165, 1.54) is 11.1 Å². The van der Waals surface area contributed by atoms with Crippen molar-refractivity contribution in [1.82, 2.24) is 9.80 Å². The maximum absolute atomic E-state index is 11.0. The average molecular weight is 290 g/mol. The Labute approximate surface area is 125 Å². The van der Waals surface area contributed by atoms with Crippen LogP contribution in [0.25, 0.3) is 0 Å². The van der Waals surface area contributed by atoms with Crippen LogP contribution >= 0.6 is 0 Å². The summed E-state index contributed by atoms with van der Waals surface area (Å²) in [6, 6.07) is 5.48. The predicted octanol–water partition coefficient (Wildman–Crippen LogP) is 1.42. The number of carbonyl (C=O) groups is 1. The van der Waals surface area contributed by atoms with Crippen molar-refractivity contribution < 1.29 is 14.6 Å². The third-order valence-electron chi connectivity index (χ3n) is 4.29. The van der Waals surface area contributed by atoms with E-state index in [2.05, 4.69) is 9.80 Å². The Morgan fingerprint density at radius 3 is 2.57 bits per heavy atom. The lowest BCUT2D eigenvalue weighted by molar-refractivity contribution is 0.0360. The molecule has 21 heavy (non-hydrogen) atoms. The highest BCUT2D eigenvalue weighted by molar-refractivity contribution is 5.87. The van der Waals surface area contributed by atoms with Crippen LogP contribution in [0.3, 0.4) is 0 Å². The van der Waals surface area contributed by atoms with Crippen molar-refractivity contribution in [2.75, 3.05) is 39.4 Å². The SMILES string of the molecule is O=C(O)c1ccc2c(c1)CN(CCCN1CCOCC1)C2. The molecule has 0 aromatic heterocycles. The standard InChI is InChI=1S/C16H22N2O3/c19-16(20)13-2-3-14-11-18(12-15(14)10-13)5-1-4-17-6-8-21-9-7-17/h2-3,10H,1,4-9,11-12H2,(H,19,20). The second-order valence-corrected chi connectivity index (χ2v) is 5.81. The van der Waals surface area contributed by atoms with Crippen LogP contribution in [0.2, 0.25) is 0 Å². The first-order valence-electron chi connectivity index (χ1n) is 7.60. The molecule has 0 aliphatic carbocycles. The van der Waals surface area contributed by atoms with Gasteiger partial charge in [0.05, 0.1) is 18.8 Å². The van der Waals surface area contributed by atoms with Gasteiger partial charge in [-0.05, 0) is 36.2 Å². The minimum absolute atomic E-state index is 0.393. The third-order valence-corrected chi connectivity index (χ3v) is 4.29. The van der Waals surface area contributed by atoms with Gasteiger partial charge >= 0.3 is 5.97 Å². The first-order chi connectivity index (χ1) is 10.2. The molecule has 1 fully saturated rings. The number of benzene rings is 1. The van der Waals surface area contributed by atoms with Crippen LogP contribution < -0.4 is 0 Å². The van der Waals surface area contributed by atoms with Gasteiger partial charge in [-0.2, -0.15) is 0 Å². The summed E-state index contributed by atoms with van der Waals surface area (Å²) in [5.41, 5.74) is 2.83. The van der Waals surface area contributed by atoms with Crippen LogP contribution in [0.15, 0.2) is 18.2 Å². The number of fused-ring (bicyclic) bond motifs is 1. The van der Waals surface area contributed by atoms with Gasteiger partial charge in [0.15, 0.2) is 0 Å². The van der Waals surface area contributed by atoms with Crippen LogP contribution in [0.5, 0.6) is 0 Å². The summed E-state index contributed by atoms with van der Waals surface area (Å²) >= 11 is 0. The van der Waals surface area contributed by atoms with Gasteiger partial charge in [0, 0.05) is 32.7 Å². The fourth-order valence-electron chi connectivity index (χ4n) is 3.10. The first kappa shape index (κ1) is 14.5. The van der Waals surface area contributed by atoms with E-state index < -0.39 is 5.97 Å². The molecule has 1 saturated heterocycles. The van der Waals surface area contributed by atoms with E-state index in [1.807, 2.05) is 12.1 Å². The lowest BCUT2D eigenvalue weighted by Crippen LogP contribution is -2.37. The first-order valence-corrected chi connectivity index (χ1v) is 7.60. The van der Waals surface area contributed by atoms with Gasteiger partial charge in [0.2, 0.25) is 0 Å². The van der Waals surface area contributed by atoms with Crippen molar-refractivity contribution in [2.45, 2.75) is 19.5 Å². The maximum Gasteiger partial charge on any atom is 0.335 e. The molecule has 0 bridgehead atoms. The molecule has 0 saturated carbocycles. The topological polar surface area (TPSA) is 53.0 Å². The normalized spacial score (nSPS) is 19.6. The van der Waals surface area contributed by atoms with Crippen molar-refractivity contribution in [2.24, 2.45) is 0 Å². The Hall–Kier alpha value is -1.43. The molecule has 0 unspecified atom stereocenters. The molecule has 114 valence electrons. The minimum Gasteiger partial charge on any atom is -0.478 e. The van der Waals surface area contributed by atoms with Crippen molar-refractivity contribution in [3.63, 3.8) is 0 Å². The summed E-state index contributed by atoms with van der Waals surface area (Å²) in [6.45, 7) is 7.80. The van der Waals surface area contributed by atoms with Gasteiger partial charge in [-0.25, -0.2) is 4.79 Å². The molecule has 0 spiro atoms. The average Bonchev–Trinajstić information content (AvgIpc) is 2.90. The van der Waals surface area contributed by atoms with Crippen LogP contribution in [0.4, 0.5) is 0 Å². The lowest BCUT2D eigenvalue weighted by atomic mass is 10.1. The van der Waals surface area contributed by atoms with Crippen LogP contribution in [-0.4, -0.2) is 60.3 Å². The molecular weight excluding hydrogens is 268 g/mol. The number of morpholine rings is 1. The number of hydrogen-bond donors (Lipinski definition) is 1. The fourth-order valence-corrected chi connectivity index (χ4v) is 3.10. The monoisotopic (exact) mass is 290 g/mol. The highest BCUT2D eigenvalue weighted by atomic mass is 16.5. The number of rotatable bonds is 5. The van der Waals surface area contributed by atoms with Crippen LogP contribution in [-0.2, 0) is 17.8 Å². The molecule has 1 aromatic rings. The summed E-state index contributed by atoms with van der Waals surface area (Å²) in [7, 11) is 0. The highest BCUT2D eigenvalue weighted by Crippen LogP contribution is 2.24. The Morgan fingerprint density at radius 1 is 1.10 bits per heavy atom. The van der Waals surface area contributed by atoms with E-state index in [0.717, 1.165) is 58.9 Å². The molecule has 1 N–H and O–H groups in total. The second kappa shape index (κ2) is 6.56. The summed E-state index contributed by atoms with van der Waals surface area (Å²) in [5, 5.41) is 9.04. The van der Waals surface area contributed by atoms with Gasteiger partial charge in [0.25, 0.3) is 0 Å². The molecule has 2 aliphatic rings. The Balaban J connectivity index is 1.47. The third kappa shape index (κ3) is 3.61. The summed E-state index contributed by atoms with van der Waals surface area (Å²) < 4.78 is 5.35. The number of carboxylic acids is 1. The second-order valence-electron chi connectivity index (χ2n) is 5.81. The van der Waals surface area contributed by atoms with Crippen LogP contribution in [0.1, 0.15) is 27.9 Å². The molecule has 2 aliphatic heterocycles. The molecule has 2 heterocycles. The molecule has 5 nitrogen and oxygen atoms in total. The Morgan fingerprint density at radius 2 is 1.81 bits per heavy atom. The van der Waals surface area contributed by atoms with E-state index >= 15 is 0 Å². The van der Waals surface area contributed by atoms with Crippen molar-refractivity contribution in [3.05, 3.63) is 34.9 Å². The molecule has 0 radical (unpaired) electrons. The zero-order chi connectivity index (χ0) is 14.7.